The first-order valence-corrected chi connectivity index (χ1v) is 16.5. The highest BCUT2D eigenvalue weighted by molar-refractivity contribution is 7.98. The van der Waals surface area contributed by atoms with Crippen LogP contribution in [0.1, 0.15) is 29.6 Å². The second kappa shape index (κ2) is 11.7. The molecule has 1 aliphatic heterocycles. The normalized spacial score (nSPS) is 14.2. The van der Waals surface area contributed by atoms with Crippen molar-refractivity contribution in [3.8, 4) is 0 Å². The fourth-order valence-corrected chi connectivity index (χ4v) is 7.23. The molecule has 0 radical (unpaired) electrons. The molecule has 13 heteroatoms. The van der Waals surface area contributed by atoms with Crippen molar-refractivity contribution in [1.29, 1.82) is 0 Å². The number of nitrogens with zero attached hydrogens (tertiary/aromatic N) is 1. The first kappa shape index (κ1) is 28.6. The van der Waals surface area contributed by atoms with E-state index in [9.17, 15) is 21.6 Å². The van der Waals surface area contributed by atoms with Gasteiger partial charge in [-0.05, 0) is 86.2 Å². The third kappa shape index (κ3) is 6.58. The Hall–Kier alpha value is -2.44. The van der Waals surface area contributed by atoms with E-state index in [2.05, 4.69) is 9.44 Å². The zero-order valence-corrected chi connectivity index (χ0v) is 24.2. The minimum atomic E-state index is -4.06. The summed E-state index contributed by atoms with van der Waals surface area (Å²) in [6.07, 6.45) is 4.75. The van der Waals surface area contributed by atoms with E-state index in [0.717, 1.165) is 19.3 Å². The second-order valence-corrected chi connectivity index (χ2v) is 13.6. The van der Waals surface area contributed by atoms with Crippen LogP contribution in [0.3, 0.4) is 0 Å². The van der Waals surface area contributed by atoms with Crippen molar-refractivity contribution in [2.24, 2.45) is 0 Å². The zero-order valence-electron chi connectivity index (χ0n) is 20.3. The highest BCUT2D eigenvalue weighted by Gasteiger charge is 2.24. The third-order valence-corrected chi connectivity index (χ3v) is 10.1. The van der Waals surface area contributed by atoms with Gasteiger partial charge in [-0.15, -0.1) is 11.8 Å². The summed E-state index contributed by atoms with van der Waals surface area (Å²) in [5.74, 6) is -0.186. The molecule has 202 valence electrons. The van der Waals surface area contributed by atoms with Crippen LogP contribution in [0.25, 0.3) is 0 Å². The van der Waals surface area contributed by atoms with Gasteiger partial charge in [0.05, 0.1) is 26.1 Å². The molecule has 1 amide bonds. The molecule has 1 fully saturated rings. The van der Waals surface area contributed by atoms with Gasteiger partial charge in [0.15, 0.2) is 0 Å². The van der Waals surface area contributed by atoms with Crippen molar-refractivity contribution in [2.75, 3.05) is 28.8 Å². The number of hydrogen-bond donors (Lipinski definition) is 2. The summed E-state index contributed by atoms with van der Waals surface area (Å²) in [4.78, 5) is 15.4. The van der Waals surface area contributed by atoms with Crippen molar-refractivity contribution < 1.29 is 21.6 Å². The zero-order chi connectivity index (χ0) is 27.5. The Morgan fingerprint density at radius 2 is 1.45 bits per heavy atom. The van der Waals surface area contributed by atoms with Crippen molar-refractivity contribution >= 4 is 72.3 Å². The van der Waals surface area contributed by atoms with Crippen LogP contribution in [0, 0.1) is 0 Å². The molecule has 0 atom stereocenters. The molecule has 2 N–H and O–H groups in total. The van der Waals surface area contributed by atoms with Gasteiger partial charge < -0.3 is 4.90 Å². The van der Waals surface area contributed by atoms with Crippen molar-refractivity contribution in [3.05, 3.63) is 76.3 Å². The van der Waals surface area contributed by atoms with Crippen LogP contribution < -0.4 is 9.44 Å². The van der Waals surface area contributed by atoms with Crippen molar-refractivity contribution in [2.45, 2.75) is 33.9 Å². The number of carbonyl (C=O) groups is 1. The summed E-state index contributed by atoms with van der Waals surface area (Å²) in [6, 6.07) is 14.0. The summed E-state index contributed by atoms with van der Waals surface area (Å²) < 4.78 is 56.7. The molecule has 0 spiro atoms. The number of piperidine rings is 1. The number of benzene rings is 3. The third-order valence-electron chi connectivity index (χ3n) is 5.95. The number of halogens is 2. The molecule has 0 aliphatic carbocycles. The van der Waals surface area contributed by atoms with E-state index in [4.69, 9.17) is 23.2 Å². The van der Waals surface area contributed by atoms with Crippen LogP contribution in [0.15, 0.2) is 75.4 Å². The first-order chi connectivity index (χ1) is 18.0. The molecule has 3 aromatic carbocycles. The molecule has 4 rings (SSSR count). The van der Waals surface area contributed by atoms with E-state index in [1.807, 2.05) is 6.26 Å². The van der Waals surface area contributed by atoms with Gasteiger partial charge in [-0.1, -0.05) is 23.2 Å². The fourth-order valence-electron chi connectivity index (χ4n) is 3.98. The maximum Gasteiger partial charge on any atom is 0.261 e. The number of rotatable bonds is 8. The predicted octanol–water partition coefficient (Wildman–Crippen LogP) is 5.94. The minimum absolute atomic E-state index is 0.0635. The number of thioether (sulfide) groups is 1. The van der Waals surface area contributed by atoms with Crippen LogP contribution in [0.2, 0.25) is 10.0 Å². The number of amides is 1. The number of nitrogens with one attached hydrogen (secondary N) is 2. The standard InChI is InChI=1S/C25H25Cl2N3O5S3/c1-36-24-12-10-20(16-21(24)25(31)30-13-3-2-4-14-30)38(34,35)28-18-6-8-19(9-7-18)37(32,33)29-23-11-5-17(26)15-22(23)27/h5-12,15-16,28-29H,2-4,13-14H2,1H3. The van der Waals surface area contributed by atoms with Crippen LogP contribution in [0.4, 0.5) is 11.4 Å². The van der Waals surface area contributed by atoms with Gasteiger partial charge >= 0.3 is 0 Å². The number of carbonyl (C=O) groups excluding carboxylic acids is 1. The molecule has 0 bridgehead atoms. The maximum atomic E-state index is 13.1. The van der Waals surface area contributed by atoms with Crippen molar-refractivity contribution in [1.82, 2.24) is 4.90 Å². The Labute approximate surface area is 236 Å². The Morgan fingerprint density at radius 3 is 2.08 bits per heavy atom. The Morgan fingerprint density at radius 1 is 0.816 bits per heavy atom. The van der Waals surface area contributed by atoms with Gasteiger partial charge in [-0.3, -0.25) is 14.2 Å². The SMILES string of the molecule is CSc1ccc(S(=O)(=O)Nc2ccc(S(=O)(=O)Nc3ccc(Cl)cc3Cl)cc2)cc1C(=O)N1CCCCC1. The molecule has 1 aliphatic rings. The van der Waals surface area contributed by atoms with Gasteiger partial charge in [0, 0.05) is 28.7 Å². The maximum absolute atomic E-state index is 13.1. The monoisotopic (exact) mass is 613 g/mol. The van der Waals surface area contributed by atoms with E-state index >= 15 is 0 Å². The number of hydrogen-bond acceptors (Lipinski definition) is 6. The predicted molar refractivity (Wildman–Crippen MR) is 152 cm³/mol. The smallest absolute Gasteiger partial charge is 0.261 e. The topological polar surface area (TPSA) is 113 Å². The number of anilines is 2. The quantitative estimate of drug-likeness (QED) is 0.304. The molecule has 8 nitrogen and oxygen atoms in total. The van der Waals surface area contributed by atoms with Gasteiger partial charge in [0.25, 0.3) is 26.0 Å². The summed E-state index contributed by atoms with van der Waals surface area (Å²) >= 11 is 13.3. The van der Waals surface area contributed by atoms with Crippen molar-refractivity contribution in [3.63, 3.8) is 0 Å². The second-order valence-electron chi connectivity index (χ2n) is 8.57. The van der Waals surface area contributed by atoms with Gasteiger partial charge in [0.2, 0.25) is 0 Å². The van der Waals surface area contributed by atoms with Crippen LogP contribution >= 0.6 is 35.0 Å². The van der Waals surface area contributed by atoms with E-state index in [0.29, 0.717) is 28.6 Å². The van der Waals surface area contributed by atoms with Gasteiger partial charge in [0.1, 0.15) is 0 Å². The molecule has 38 heavy (non-hydrogen) atoms. The lowest BCUT2D eigenvalue weighted by Crippen LogP contribution is -2.36. The fraction of sp³-hybridized carbons (Fsp3) is 0.240. The average molecular weight is 615 g/mol. The molecule has 1 heterocycles. The Balaban J connectivity index is 1.53. The lowest BCUT2D eigenvalue weighted by Gasteiger charge is -2.27. The Kier molecular flexibility index (Phi) is 8.83. The van der Waals surface area contributed by atoms with E-state index in [1.165, 1.54) is 66.4 Å². The van der Waals surface area contributed by atoms with Crippen LogP contribution in [0.5, 0.6) is 0 Å². The Bertz CT molecular complexity index is 1560. The first-order valence-electron chi connectivity index (χ1n) is 11.6. The molecule has 1 saturated heterocycles. The molecule has 0 aromatic heterocycles. The van der Waals surface area contributed by atoms with E-state index in [1.54, 1.807) is 11.0 Å². The molecular formula is C25H25Cl2N3O5S3. The molecular weight excluding hydrogens is 589 g/mol. The van der Waals surface area contributed by atoms with E-state index in [-0.39, 0.29) is 32.1 Å². The lowest BCUT2D eigenvalue weighted by atomic mass is 10.1. The number of likely N-dealkylation sites (tertiary alicyclic amines) is 1. The highest BCUT2D eigenvalue weighted by Crippen LogP contribution is 2.29. The van der Waals surface area contributed by atoms with Crippen LogP contribution in [-0.2, 0) is 20.0 Å². The van der Waals surface area contributed by atoms with E-state index < -0.39 is 20.0 Å². The summed E-state index contributed by atoms with van der Waals surface area (Å²) in [5.41, 5.74) is 0.659. The molecule has 0 saturated carbocycles. The summed E-state index contributed by atoms with van der Waals surface area (Å²) in [5, 5.41) is 0.497. The highest BCUT2D eigenvalue weighted by atomic mass is 35.5. The minimum Gasteiger partial charge on any atom is -0.339 e. The number of sulfonamides is 2. The molecule has 0 unspecified atom stereocenters. The lowest BCUT2D eigenvalue weighted by molar-refractivity contribution is 0.0720. The molecule has 3 aromatic rings. The average Bonchev–Trinajstić information content (AvgIpc) is 2.90. The van der Waals surface area contributed by atoms with Gasteiger partial charge in [-0.25, -0.2) is 16.8 Å². The largest absolute Gasteiger partial charge is 0.339 e. The summed E-state index contributed by atoms with van der Waals surface area (Å²) in [6.45, 7) is 1.30. The van der Waals surface area contributed by atoms with Gasteiger partial charge in [-0.2, -0.15) is 0 Å². The van der Waals surface area contributed by atoms with Crippen LogP contribution in [-0.4, -0.2) is 47.0 Å². The summed E-state index contributed by atoms with van der Waals surface area (Å²) in [7, 11) is -8.05.